The van der Waals surface area contributed by atoms with Crippen molar-refractivity contribution < 1.29 is 14.3 Å². The third kappa shape index (κ3) is 4.48. The molecule has 0 fully saturated rings. The number of aromatic nitrogens is 1. The van der Waals surface area contributed by atoms with E-state index in [2.05, 4.69) is 4.98 Å². The second-order valence-electron chi connectivity index (χ2n) is 6.72. The number of benzene rings is 2. The molecular weight excluding hydrogens is 374 g/mol. The molecule has 0 bridgehead atoms. The lowest BCUT2D eigenvalue weighted by Crippen LogP contribution is -2.08. The molecule has 0 saturated heterocycles. The largest absolute Gasteiger partial charge is 0.481 e. The molecule has 0 unspecified atom stereocenters. The minimum Gasteiger partial charge on any atom is -0.481 e. The SMILES string of the molecule is CN(C)c1ccc(-c2nc(SCC(=O)O)oc2-c2ccc(N(C)C)cc2)cc1. The van der Waals surface area contributed by atoms with Gasteiger partial charge in [-0.25, -0.2) is 4.98 Å². The molecule has 146 valence electrons. The number of oxazole rings is 1. The van der Waals surface area contributed by atoms with Gasteiger partial charge in [-0.3, -0.25) is 4.79 Å². The van der Waals surface area contributed by atoms with E-state index < -0.39 is 5.97 Å². The normalized spacial score (nSPS) is 10.7. The number of carboxylic acid groups (broad SMARTS) is 1. The number of hydrogen-bond acceptors (Lipinski definition) is 6. The Morgan fingerprint density at radius 3 is 1.89 bits per heavy atom. The average molecular weight is 398 g/mol. The van der Waals surface area contributed by atoms with Crippen LogP contribution in [0.1, 0.15) is 0 Å². The zero-order valence-corrected chi connectivity index (χ0v) is 17.2. The van der Waals surface area contributed by atoms with Crippen LogP contribution in [0.25, 0.3) is 22.6 Å². The Hall–Kier alpha value is -2.93. The van der Waals surface area contributed by atoms with Gasteiger partial charge in [-0.2, -0.15) is 0 Å². The molecule has 7 heteroatoms. The van der Waals surface area contributed by atoms with E-state index in [4.69, 9.17) is 9.52 Å². The Balaban J connectivity index is 2.02. The van der Waals surface area contributed by atoms with Crippen LogP contribution in [0, 0.1) is 0 Å². The van der Waals surface area contributed by atoms with E-state index >= 15 is 0 Å². The average Bonchev–Trinajstić information content (AvgIpc) is 3.11. The Bertz CT molecular complexity index is 879. The topological polar surface area (TPSA) is 69.8 Å². The van der Waals surface area contributed by atoms with Crippen molar-refractivity contribution in [2.45, 2.75) is 5.22 Å². The van der Waals surface area contributed by atoms with Crippen LogP contribution in [0.4, 0.5) is 11.4 Å². The molecule has 0 radical (unpaired) electrons. The molecule has 1 aromatic heterocycles. The van der Waals surface area contributed by atoms with E-state index in [-0.39, 0.29) is 5.75 Å². The van der Waals surface area contributed by atoms with Crippen molar-refractivity contribution in [1.82, 2.24) is 4.98 Å². The lowest BCUT2D eigenvalue weighted by atomic mass is 10.0. The lowest BCUT2D eigenvalue weighted by Gasteiger charge is -2.13. The summed E-state index contributed by atoms with van der Waals surface area (Å²) in [6.07, 6.45) is 0. The Kier molecular flexibility index (Phi) is 5.94. The summed E-state index contributed by atoms with van der Waals surface area (Å²) in [5, 5.41) is 9.30. The number of anilines is 2. The van der Waals surface area contributed by atoms with Gasteiger partial charge in [-0.05, 0) is 36.4 Å². The fourth-order valence-electron chi connectivity index (χ4n) is 2.71. The zero-order chi connectivity index (χ0) is 20.3. The molecule has 3 aromatic rings. The number of carboxylic acids is 1. The van der Waals surface area contributed by atoms with E-state index in [1.165, 1.54) is 0 Å². The number of carbonyl (C=O) groups is 1. The van der Waals surface area contributed by atoms with Gasteiger partial charge in [-0.1, -0.05) is 23.9 Å². The van der Waals surface area contributed by atoms with Crippen molar-refractivity contribution in [1.29, 1.82) is 0 Å². The van der Waals surface area contributed by atoms with Crippen molar-refractivity contribution in [2.75, 3.05) is 43.7 Å². The van der Waals surface area contributed by atoms with Crippen LogP contribution in [0.15, 0.2) is 58.2 Å². The first kappa shape index (κ1) is 19.8. The summed E-state index contributed by atoms with van der Waals surface area (Å²) >= 11 is 1.08. The first-order valence-electron chi connectivity index (χ1n) is 8.76. The Morgan fingerprint density at radius 2 is 1.43 bits per heavy atom. The summed E-state index contributed by atoms with van der Waals surface area (Å²) in [5.74, 6) is -0.369. The lowest BCUT2D eigenvalue weighted by molar-refractivity contribution is -0.133. The minimum atomic E-state index is -0.906. The summed E-state index contributed by atoms with van der Waals surface area (Å²) in [4.78, 5) is 19.5. The first-order valence-corrected chi connectivity index (χ1v) is 9.74. The molecule has 1 heterocycles. The highest BCUT2D eigenvalue weighted by molar-refractivity contribution is 7.99. The molecule has 0 aliphatic carbocycles. The number of thioether (sulfide) groups is 1. The number of hydrogen-bond donors (Lipinski definition) is 1. The first-order chi connectivity index (χ1) is 13.3. The van der Waals surface area contributed by atoms with E-state index in [1.807, 2.05) is 86.5 Å². The van der Waals surface area contributed by atoms with Gasteiger partial charge >= 0.3 is 5.97 Å². The van der Waals surface area contributed by atoms with Gasteiger partial charge in [0.05, 0.1) is 0 Å². The van der Waals surface area contributed by atoms with Crippen LogP contribution in [-0.2, 0) is 4.79 Å². The molecule has 6 nitrogen and oxygen atoms in total. The highest BCUT2D eigenvalue weighted by Gasteiger charge is 2.18. The summed E-state index contributed by atoms with van der Waals surface area (Å²) in [6.45, 7) is 0. The Labute approximate surface area is 168 Å². The van der Waals surface area contributed by atoms with Gasteiger partial charge < -0.3 is 19.3 Å². The molecule has 0 aliphatic heterocycles. The summed E-state index contributed by atoms with van der Waals surface area (Å²) in [5.41, 5.74) is 4.69. The fraction of sp³-hybridized carbons (Fsp3) is 0.238. The van der Waals surface area contributed by atoms with Crippen LogP contribution < -0.4 is 9.80 Å². The van der Waals surface area contributed by atoms with Gasteiger partial charge in [0.2, 0.25) is 0 Å². The van der Waals surface area contributed by atoms with Crippen molar-refractivity contribution in [3.63, 3.8) is 0 Å². The predicted molar refractivity (Wildman–Crippen MR) is 114 cm³/mol. The van der Waals surface area contributed by atoms with E-state index in [1.54, 1.807) is 0 Å². The summed E-state index contributed by atoms with van der Waals surface area (Å²) in [6, 6.07) is 16.0. The van der Waals surface area contributed by atoms with Gasteiger partial charge in [0.15, 0.2) is 5.76 Å². The van der Waals surface area contributed by atoms with Crippen LogP contribution >= 0.6 is 11.8 Å². The highest BCUT2D eigenvalue weighted by Crippen LogP contribution is 2.36. The van der Waals surface area contributed by atoms with Crippen molar-refractivity contribution in [2.24, 2.45) is 0 Å². The number of nitrogens with zero attached hydrogens (tertiary/aromatic N) is 3. The minimum absolute atomic E-state index is 0.0987. The van der Waals surface area contributed by atoms with Crippen molar-refractivity contribution >= 4 is 29.1 Å². The molecule has 28 heavy (non-hydrogen) atoms. The molecule has 2 aromatic carbocycles. The van der Waals surface area contributed by atoms with Crippen LogP contribution in [0.3, 0.4) is 0 Å². The molecule has 0 spiro atoms. The summed E-state index contributed by atoms with van der Waals surface area (Å²) < 4.78 is 5.95. The molecule has 0 aliphatic rings. The number of aliphatic carboxylic acids is 1. The van der Waals surface area contributed by atoms with Gasteiger partial charge in [0.1, 0.15) is 11.4 Å². The van der Waals surface area contributed by atoms with Crippen molar-refractivity contribution in [3.8, 4) is 22.6 Å². The molecule has 0 atom stereocenters. The maximum atomic E-state index is 10.9. The second kappa shape index (κ2) is 8.39. The van der Waals surface area contributed by atoms with Gasteiger partial charge in [0.25, 0.3) is 5.22 Å². The third-order valence-electron chi connectivity index (χ3n) is 4.23. The standard InChI is InChI=1S/C21H23N3O3S/c1-23(2)16-9-5-14(6-10-16)19-20(27-21(22-19)28-13-18(25)26)15-7-11-17(12-8-15)24(3)4/h5-12H,13H2,1-4H3,(H,25,26). The maximum absolute atomic E-state index is 10.9. The molecule has 1 N–H and O–H groups in total. The molecule has 0 amide bonds. The maximum Gasteiger partial charge on any atom is 0.314 e. The van der Waals surface area contributed by atoms with E-state index in [0.29, 0.717) is 16.7 Å². The highest BCUT2D eigenvalue weighted by atomic mass is 32.2. The molecule has 3 rings (SSSR count). The zero-order valence-electron chi connectivity index (χ0n) is 16.3. The van der Waals surface area contributed by atoms with Gasteiger partial charge in [-0.15, -0.1) is 0 Å². The van der Waals surface area contributed by atoms with E-state index in [0.717, 1.165) is 34.3 Å². The van der Waals surface area contributed by atoms with Crippen LogP contribution in [0.5, 0.6) is 0 Å². The fourth-order valence-corrected chi connectivity index (χ4v) is 3.25. The van der Waals surface area contributed by atoms with Crippen LogP contribution in [0.2, 0.25) is 0 Å². The third-order valence-corrected chi connectivity index (χ3v) is 5.04. The summed E-state index contributed by atoms with van der Waals surface area (Å²) in [7, 11) is 7.95. The molecule has 0 saturated carbocycles. The van der Waals surface area contributed by atoms with Crippen LogP contribution in [-0.4, -0.2) is 50.0 Å². The quantitative estimate of drug-likeness (QED) is 0.596. The van der Waals surface area contributed by atoms with E-state index in [9.17, 15) is 4.79 Å². The smallest absolute Gasteiger partial charge is 0.314 e. The monoisotopic (exact) mass is 397 g/mol. The number of rotatable bonds is 7. The van der Waals surface area contributed by atoms with Crippen molar-refractivity contribution in [3.05, 3.63) is 48.5 Å². The second-order valence-corrected chi connectivity index (χ2v) is 7.65. The molecular formula is C21H23N3O3S. The predicted octanol–water partition coefficient (Wildman–Crippen LogP) is 4.32. The Morgan fingerprint density at radius 1 is 0.929 bits per heavy atom. The van der Waals surface area contributed by atoms with Gasteiger partial charge in [0, 0.05) is 50.7 Å².